The van der Waals surface area contributed by atoms with Crippen LogP contribution in [0.15, 0.2) is 205 Å². The minimum Gasteiger partial charge on any atom is -0.454 e. The highest BCUT2D eigenvalue weighted by Gasteiger charge is 2.23. The molecule has 0 saturated heterocycles. The molecule has 3 nitrogen and oxygen atoms in total. The number of fused-ring (bicyclic) bond motifs is 6. The highest BCUT2D eigenvalue weighted by molar-refractivity contribution is 6.12. The number of rotatable bonds is 7. The number of allylic oxidation sites excluding steroid dienone is 1. The van der Waals surface area contributed by atoms with Crippen LogP contribution in [-0.4, -0.2) is 4.57 Å². The van der Waals surface area contributed by atoms with Crippen LogP contribution in [-0.2, 0) is 6.42 Å². The molecule has 0 atom stereocenters. The molecule has 0 bridgehead atoms. The maximum Gasteiger partial charge on any atom is 0.159 e. The summed E-state index contributed by atoms with van der Waals surface area (Å²) in [5.74, 6) is 0. The molecule has 3 heteroatoms. The van der Waals surface area contributed by atoms with Gasteiger partial charge in [-0.25, -0.2) is 0 Å². The fourth-order valence-corrected chi connectivity index (χ4v) is 8.71. The van der Waals surface area contributed by atoms with E-state index in [2.05, 4.69) is 210 Å². The van der Waals surface area contributed by atoms with E-state index in [1.54, 1.807) is 0 Å². The van der Waals surface area contributed by atoms with Gasteiger partial charge in [0.25, 0.3) is 0 Å². The summed E-state index contributed by atoms with van der Waals surface area (Å²) in [6, 6.07) is 69.7. The Balaban J connectivity index is 1.07. The summed E-state index contributed by atoms with van der Waals surface area (Å²) in [6.45, 7) is 0. The van der Waals surface area contributed by atoms with E-state index < -0.39 is 0 Å². The third kappa shape index (κ3) is 5.75. The van der Waals surface area contributed by atoms with Crippen molar-refractivity contribution in [3.8, 4) is 39.1 Å². The molecule has 0 N–H and O–H groups in total. The van der Waals surface area contributed by atoms with E-state index in [0.29, 0.717) is 0 Å². The van der Waals surface area contributed by atoms with Gasteiger partial charge >= 0.3 is 0 Å². The fourth-order valence-electron chi connectivity index (χ4n) is 8.71. The Hall–Kier alpha value is -7.36. The second-order valence-corrected chi connectivity index (χ2v) is 14.8. The Morgan fingerprint density at radius 3 is 1.68 bits per heavy atom. The molecule has 8 aromatic carbocycles. The van der Waals surface area contributed by atoms with Crippen molar-refractivity contribution in [1.82, 2.24) is 4.57 Å². The molecule has 57 heavy (non-hydrogen) atoms. The molecule has 0 radical (unpaired) electrons. The Bertz CT molecular complexity index is 3080. The molecule has 1 aliphatic carbocycles. The monoisotopic (exact) mass is 730 g/mol. The number of para-hydroxylation sites is 2. The first kappa shape index (κ1) is 33.0. The van der Waals surface area contributed by atoms with E-state index in [4.69, 9.17) is 4.42 Å². The van der Waals surface area contributed by atoms with Crippen molar-refractivity contribution in [3.05, 3.63) is 211 Å². The van der Waals surface area contributed by atoms with Gasteiger partial charge in [0.15, 0.2) is 5.58 Å². The van der Waals surface area contributed by atoms with Gasteiger partial charge in [0.1, 0.15) is 5.58 Å². The van der Waals surface area contributed by atoms with Crippen LogP contribution in [0.1, 0.15) is 17.7 Å². The maximum atomic E-state index is 6.78. The molecule has 10 aromatic rings. The van der Waals surface area contributed by atoms with Crippen LogP contribution in [0.3, 0.4) is 0 Å². The van der Waals surface area contributed by atoms with E-state index in [-0.39, 0.29) is 0 Å². The SMILES string of the molecule is C1=Cc2c(n(-c3ccc(N(c4ccc(-c5ccc(-c6ccccc6)cc5)cc4)c4cc(-c5ccccc5)cc5c4oc4ccccc45)cc3)c3ccccc23)CC1. The molecule has 0 amide bonds. The van der Waals surface area contributed by atoms with E-state index in [1.165, 1.54) is 44.4 Å². The lowest BCUT2D eigenvalue weighted by Crippen LogP contribution is -2.11. The van der Waals surface area contributed by atoms with Gasteiger partial charge in [0, 0.05) is 44.5 Å². The predicted octanol–water partition coefficient (Wildman–Crippen LogP) is 15.0. The number of hydrogen-bond acceptors (Lipinski definition) is 2. The first-order chi connectivity index (χ1) is 28.3. The molecular weight excluding hydrogens is 693 g/mol. The van der Waals surface area contributed by atoms with Gasteiger partial charge in [0.05, 0.1) is 11.2 Å². The lowest BCUT2D eigenvalue weighted by molar-refractivity contribution is 0.669. The van der Waals surface area contributed by atoms with Crippen LogP contribution < -0.4 is 4.90 Å². The average Bonchev–Trinajstić information content (AvgIpc) is 3.84. The molecule has 0 unspecified atom stereocenters. The summed E-state index contributed by atoms with van der Waals surface area (Å²) >= 11 is 0. The van der Waals surface area contributed by atoms with Crippen LogP contribution >= 0.6 is 0 Å². The third-order valence-corrected chi connectivity index (χ3v) is 11.5. The molecule has 2 heterocycles. The molecule has 2 aromatic heterocycles. The molecular formula is C54H38N2O. The van der Waals surface area contributed by atoms with Crippen molar-refractivity contribution in [3.63, 3.8) is 0 Å². The largest absolute Gasteiger partial charge is 0.454 e. The minimum atomic E-state index is 0.859. The van der Waals surface area contributed by atoms with Crippen molar-refractivity contribution in [2.45, 2.75) is 12.8 Å². The van der Waals surface area contributed by atoms with Crippen LogP contribution in [0.4, 0.5) is 17.1 Å². The molecule has 0 fully saturated rings. The number of nitrogens with zero attached hydrogens (tertiary/aromatic N) is 2. The summed E-state index contributed by atoms with van der Waals surface area (Å²) in [5, 5.41) is 3.50. The minimum absolute atomic E-state index is 0.859. The van der Waals surface area contributed by atoms with Crippen molar-refractivity contribution in [1.29, 1.82) is 0 Å². The van der Waals surface area contributed by atoms with Gasteiger partial charge in [-0.3, -0.25) is 0 Å². The first-order valence-corrected chi connectivity index (χ1v) is 19.7. The zero-order chi connectivity index (χ0) is 37.7. The van der Waals surface area contributed by atoms with Crippen molar-refractivity contribution < 1.29 is 4.42 Å². The van der Waals surface area contributed by atoms with Crippen molar-refractivity contribution in [2.24, 2.45) is 0 Å². The van der Waals surface area contributed by atoms with E-state index in [1.807, 2.05) is 6.07 Å². The quantitative estimate of drug-likeness (QED) is 0.163. The van der Waals surface area contributed by atoms with Crippen LogP contribution in [0.2, 0.25) is 0 Å². The Kier molecular flexibility index (Phi) is 7.96. The maximum absolute atomic E-state index is 6.78. The van der Waals surface area contributed by atoms with E-state index in [9.17, 15) is 0 Å². The van der Waals surface area contributed by atoms with E-state index in [0.717, 1.165) is 68.7 Å². The molecule has 1 aliphatic rings. The highest BCUT2D eigenvalue weighted by Crippen LogP contribution is 2.45. The second kappa shape index (κ2) is 13.7. The highest BCUT2D eigenvalue weighted by atomic mass is 16.3. The molecule has 0 spiro atoms. The van der Waals surface area contributed by atoms with Crippen molar-refractivity contribution >= 4 is 56.0 Å². The predicted molar refractivity (Wildman–Crippen MR) is 239 cm³/mol. The number of aromatic nitrogens is 1. The van der Waals surface area contributed by atoms with Gasteiger partial charge in [-0.05, 0) is 107 Å². The Labute approximate surface area is 332 Å². The standard InChI is InChI=1S/C54H38N2O/c1-3-13-37(14-4-1)39-23-25-40(26-24-39)41-27-29-43(30-28-41)55(44-31-33-45(34-32-44)56-50-20-10-7-17-46(50)47-18-8-11-21-51(47)56)52-36-42(38-15-5-2-6-16-38)35-49-48-19-9-12-22-53(48)57-54(49)52/h1-10,12-20,22-36H,11,21H2. The number of hydrogen-bond donors (Lipinski definition) is 0. The smallest absolute Gasteiger partial charge is 0.159 e. The summed E-state index contributed by atoms with van der Waals surface area (Å²) in [7, 11) is 0. The molecule has 0 aliphatic heterocycles. The summed E-state index contributed by atoms with van der Waals surface area (Å²) < 4.78 is 9.23. The Morgan fingerprint density at radius 1 is 0.456 bits per heavy atom. The molecule has 270 valence electrons. The van der Waals surface area contributed by atoms with Crippen LogP contribution in [0.25, 0.3) is 78.0 Å². The van der Waals surface area contributed by atoms with Crippen LogP contribution in [0, 0.1) is 0 Å². The van der Waals surface area contributed by atoms with Gasteiger partial charge in [-0.15, -0.1) is 0 Å². The zero-order valence-corrected chi connectivity index (χ0v) is 31.3. The number of furan rings is 1. The lowest BCUT2D eigenvalue weighted by atomic mass is 9.99. The van der Waals surface area contributed by atoms with Crippen molar-refractivity contribution in [2.75, 3.05) is 4.90 Å². The molecule has 11 rings (SSSR count). The molecule has 0 saturated carbocycles. The summed E-state index contributed by atoms with van der Waals surface area (Å²) in [5.41, 5.74) is 17.0. The topological polar surface area (TPSA) is 21.3 Å². The zero-order valence-electron chi connectivity index (χ0n) is 31.3. The number of benzene rings is 8. The first-order valence-electron chi connectivity index (χ1n) is 19.7. The third-order valence-electron chi connectivity index (χ3n) is 11.5. The summed E-state index contributed by atoms with van der Waals surface area (Å²) in [4.78, 5) is 2.36. The van der Waals surface area contributed by atoms with Gasteiger partial charge in [-0.1, -0.05) is 146 Å². The number of anilines is 3. The lowest BCUT2D eigenvalue weighted by Gasteiger charge is -2.27. The average molecular weight is 731 g/mol. The van der Waals surface area contributed by atoms with Crippen LogP contribution in [0.5, 0.6) is 0 Å². The summed E-state index contributed by atoms with van der Waals surface area (Å²) in [6.07, 6.45) is 6.67. The van der Waals surface area contributed by atoms with Gasteiger partial charge in [0.2, 0.25) is 0 Å². The Morgan fingerprint density at radius 2 is 1.00 bits per heavy atom. The van der Waals surface area contributed by atoms with Gasteiger partial charge < -0.3 is 13.9 Å². The second-order valence-electron chi connectivity index (χ2n) is 14.8. The van der Waals surface area contributed by atoms with E-state index >= 15 is 0 Å². The fraction of sp³-hybridized carbons (Fsp3) is 0.0370. The van der Waals surface area contributed by atoms with Gasteiger partial charge in [-0.2, -0.15) is 0 Å². The normalized spacial score (nSPS) is 12.4.